The first-order valence-corrected chi connectivity index (χ1v) is 6.60. The summed E-state index contributed by atoms with van der Waals surface area (Å²) in [5.74, 6) is -0.618. The fraction of sp³-hybridized carbons (Fsp3) is 0.643. The molecule has 19 heavy (non-hydrogen) atoms. The Morgan fingerprint density at radius 3 is 2.32 bits per heavy atom. The Kier molecular flexibility index (Phi) is 5.27. The zero-order chi connectivity index (χ0) is 14.5. The number of rotatable bonds is 6. The molecule has 106 valence electrons. The molecule has 0 aromatic rings. The second-order valence-electron chi connectivity index (χ2n) is 5.93. The van der Waals surface area contributed by atoms with Crippen LogP contribution in [0.15, 0.2) is 12.2 Å². The van der Waals surface area contributed by atoms with Gasteiger partial charge >= 0.3 is 0 Å². The fourth-order valence-electron chi connectivity index (χ4n) is 1.71. The first kappa shape index (κ1) is 15.4. The molecule has 0 aromatic heterocycles. The van der Waals surface area contributed by atoms with Crippen molar-refractivity contribution in [1.82, 2.24) is 10.2 Å². The molecular weight excluding hydrogens is 244 g/mol. The Morgan fingerprint density at radius 1 is 1.21 bits per heavy atom. The summed E-state index contributed by atoms with van der Waals surface area (Å²) in [4.78, 5) is 35.2. The highest BCUT2D eigenvalue weighted by atomic mass is 16.2. The van der Waals surface area contributed by atoms with Gasteiger partial charge in [-0.05, 0) is 18.3 Å². The molecule has 1 aliphatic rings. The molecule has 0 fully saturated rings. The van der Waals surface area contributed by atoms with Gasteiger partial charge in [0.1, 0.15) is 0 Å². The average molecular weight is 266 g/mol. The standard InChI is InChI=1S/C14H22N2O3/c1-14(2,3)8-9-15-11(17)5-4-10-16-12(18)6-7-13(16)19/h6-7H,4-5,8-10H2,1-3H3,(H,15,17). The number of amides is 3. The third-order valence-electron chi connectivity index (χ3n) is 2.88. The fourth-order valence-corrected chi connectivity index (χ4v) is 1.71. The average Bonchev–Trinajstić information content (AvgIpc) is 2.58. The molecule has 1 rings (SSSR count). The van der Waals surface area contributed by atoms with Gasteiger partial charge in [-0.15, -0.1) is 0 Å². The van der Waals surface area contributed by atoms with E-state index in [1.54, 1.807) is 0 Å². The normalized spacial score (nSPS) is 15.2. The molecule has 5 heteroatoms. The predicted octanol–water partition coefficient (Wildman–Crippen LogP) is 1.24. The van der Waals surface area contributed by atoms with Crippen LogP contribution in [0.3, 0.4) is 0 Å². The highest BCUT2D eigenvalue weighted by Gasteiger charge is 2.22. The molecule has 1 heterocycles. The number of imide groups is 1. The first-order chi connectivity index (χ1) is 8.79. The number of carbonyl (C=O) groups excluding carboxylic acids is 3. The topological polar surface area (TPSA) is 66.5 Å². The molecule has 3 amide bonds. The molecule has 0 bridgehead atoms. The second kappa shape index (κ2) is 6.50. The molecule has 0 atom stereocenters. The van der Waals surface area contributed by atoms with Crippen molar-refractivity contribution in [3.8, 4) is 0 Å². The van der Waals surface area contributed by atoms with Gasteiger partial charge in [-0.3, -0.25) is 19.3 Å². The minimum Gasteiger partial charge on any atom is -0.356 e. The Balaban J connectivity index is 2.14. The number of hydrogen-bond donors (Lipinski definition) is 1. The van der Waals surface area contributed by atoms with E-state index in [0.29, 0.717) is 25.9 Å². The van der Waals surface area contributed by atoms with Crippen LogP contribution >= 0.6 is 0 Å². The van der Waals surface area contributed by atoms with Gasteiger partial charge in [0.15, 0.2) is 0 Å². The molecule has 0 radical (unpaired) electrons. The van der Waals surface area contributed by atoms with E-state index in [1.807, 2.05) is 0 Å². The summed E-state index contributed by atoms with van der Waals surface area (Å²) in [6, 6.07) is 0. The Labute approximate surface area is 114 Å². The second-order valence-corrected chi connectivity index (χ2v) is 5.93. The van der Waals surface area contributed by atoms with Crippen LogP contribution in [0.1, 0.15) is 40.0 Å². The number of hydrogen-bond acceptors (Lipinski definition) is 3. The van der Waals surface area contributed by atoms with Crippen molar-refractivity contribution in [1.29, 1.82) is 0 Å². The van der Waals surface area contributed by atoms with Gasteiger partial charge in [-0.1, -0.05) is 20.8 Å². The van der Waals surface area contributed by atoms with Gasteiger partial charge in [0.05, 0.1) is 0 Å². The van der Waals surface area contributed by atoms with Crippen molar-refractivity contribution in [2.24, 2.45) is 5.41 Å². The maximum atomic E-state index is 11.6. The van der Waals surface area contributed by atoms with Crippen LogP contribution in [0, 0.1) is 5.41 Å². The monoisotopic (exact) mass is 266 g/mol. The lowest BCUT2D eigenvalue weighted by Crippen LogP contribution is -2.32. The molecule has 5 nitrogen and oxygen atoms in total. The predicted molar refractivity (Wildman–Crippen MR) is 72.2 cm³/mol. The summed E-state index contributed by atoms with van der Waals surface area (Å²) < 4.78 is 0. The third kappa shape index (κ3) is 5.68. The lowest BCUT2D eigenvalue weighted by atomic mass is 9.92. The third-order valence-corrected chi connectivity index (χ3v) is 2.88. The lowest BCUT2D eigenvalue weighted by molar-refractivity contribution is -0.137. The van der Waals surface area contributed by atoms with Gasteiger partial charge in [0, 0.05) is 31.7 Å². The van der Waals surface area contributed by atoms with Crippen molar-refractivity contribution < 1.29 is 14.4 Å². The first-order valence-electron chi connectivity index (χ1n) is 6.60. The van der Waals surface area contributed by atoms with Crippen LogP contribution in [-0.4, -0.2) is 35.7 Å². The quantitative estimate of drug-likeness (QED) is 0.736. The van der Waals surface area contributed by atoms with E-state index in [1.165, 1.54) is 12.2 Å². The zero-order valence-electron chi connectivity index (χ0n) is 11.9. The van der Waals surface area contributed by atoms with Gasteiger partial charge in [0.25, 0.3) is 11.8 Å². The smallest absolute Gasteiger partial charge is 0.253 e. The molecule has 0 saturated carbocycles. The highest BCUT2D eigenvalue weighted by Crippen LogP contribution is 2.16. The van der Waals surface area contributed by atoms with Crippen molar-refractivity contribution in [2.45, 2.75) is 40.0 Å². The van der Waals surface area contributed by atoms with E-state index in [4.69, 9.17) is 0 Å². The van der Waals surface area contributed by atoms with Crippen LogP contribution in [-0.2, 0) is 14.4 Å². The summed E-state index contributed by atoms with van der Waals surface area (Å²) >= 11 is 0. The molecule has 1 aliphatic heterocycles. The van der Waals surface area contributed by atoms with Gasteiger partial charge in [-0.2, -0.15) is 0 Å². The van der Waals surface area contributed by atoms with E-state index in [9.17, 15) is 14.4 Å². The van der Waals surface area contributed by atoms with E-state index in [0.717, 1.165) is 11.3 Å². The van der Waals surface area contributed by atoms with Crippen molar-refractivity contribution in [3.63, 3.8) is 0 Å². The van der Waals surface area contributed by atoms with E-state index in [-0.39, 0.29) is 23.1 Å². The van der Waals surface area contributed by atoms with Gasteiger partial charge in [0.2, 0.25) is 5.91 Å². The van der Waals surface area contributed by atoms with Crippen LogP contribution in [0.5, 0.6) is 0 Å². The van der Waals surface area contributed by atoms with Crippen molar-refractivity contribution in [2.75, 3.05) is 13.1 Å². The summed E-state index contributed by atoms with van der Waals surface area (Å²) in [5.41, 5.74) is 0.202. The van der Waals surface area contributed by atoms with Crippen LogP contribution in [0.4, 0.5) is 0 Å². The Morgan fingerprint density at radius 2 is 1.79 bits per heavy atom. The lowest BCUT2D eigenvalue weighted by Gasteiger charge is -2.18. The summed E-state index contributed by atoms with van der Waals surface area (Å²) in [5, 5.41) is 2.84. The minimum atomic E-state index is -0.293. The van der Waals surface area contributed by atoms with E-state index >= 15 is 0 Å². The molecular formula is C14H22N2O3. The molecule has 0 aromatic carbocycles. The van der Waals surface area contributed by atoms with E-state index < -0.39 is 0 Å². The molecule has 0 saturated heterocycles. The zero-order valence-corrected chi connectivity index (χ0v) is 11.9. The Bertz CT molecular complexity index is 376. The molecule has 0 spiro atoms. The SMILES string of the molecule is CC(C)(C)CCNC(=O)CCCN1C(=O)C=CC1=O. The van der Waals surface area contributed by atoms with Crippen LogP contribution < -0.4 is 5.32 Å². The highest BCUT2D eigenvalue weighted by molar-refractivity contribution is 6.12. The minimum absolute atomic E-state index is 0.0312. The van der Waals surface area contributed by atoms with Crippen LogP contribution in [0.25, 0.3) is 0 Å². The van der Waals surface area contributed by atoms with Gasteiger partial charge in [-0.25, -0.2) is 0 Å². The summed E-state index contributed by atoms with van der Waals surface area (Å²) in [6.07, 6.45) is 4.27. The molecule has 1 N–H and O–H groups in total. The summed E-state index contributed by atoms with van der Waals surface area (Å²) in [6.45, 7) is 7.33. The number of carbonyl (C=O) groups is 3. The maximum Gasteiger partial charge on any atom is 0.253 e. The number of nitrogens with one attached hydrogen (secondary N) is 1. The van der Waals surface area contributed by atoms with Crippen LogP contribution in [0.2, 0.25) is 0 Å². The number of nitrogens with zero attached hydrogens (tertiary/aromatic N) is 1. The molecule has 0 aliphatic carbocycles. The van der Waals surface area contributed by atoms with Crippen molar-refractivity contribution in [3.05, 3.63) is 12.2 Å². The van der Waals surface area contributed by atoms with E-state index in [2.05, 4.69) is 26.1 Å². The maximum absolute atomic E-state index is 11.6. The molecule has 0 unspecified atom stereocenters. The van der Waals surface area contributed by atoms with Crippen molar-refractivity contribution >= 4 is 17.7 Å². The Hall–Kier alpha value is -1.65. The largest absolute Gasteiger partial charge is 0.356 e. The van der Waals surface area contributed by atoms with Gasteiger partial charge < -0.3 is 5.32 Å². The summed E-state index contributed by atoms with van der Waals surface area (Å²) in [7, 11) is 0.